The van der Waals surface area contributed by atoms with Gasteiger partial charge in [0.25, 0.3) is 0 Å². The minimum Gasteiger partial charge on any atom is -0.316 e. The fourth-order valence-electron chi connectivity index (χ4n) is 2.45. The Morgan fingerprint density at radius 1 is 1.13 bits per heavy atom. The lowest BCUT2D eigenvalue weighted by Crippen LogP contribution is -2.20. The highest BCUT2D eigenvalue weighted by Gasteiger charge is 2.22. The van der Waals surface area contributed by atoms with Crippen LogP contribution >= 0.6 is 11.3 Å². The van der Waals surface area contributed by atoms with E-state index in [-0.39, 0.29) is 17.7 Å². The lowest BCUT2D eigenvalue weighted by atomic mass is 10.1. The molecule has 0 atom stereocenters. The predicted molar refractivity (Wildman–Crippen MR) is 92.3 cm³/mol. The van der Waals surface area contributed by atoms with E-state index >= 15 is 0 Å². The second-order valence-electron chi connectivity index (χ2n) is 5.37. The summed E-state index contributed by atoms with van der Waals surface area (Å²) in [6.07, 6.45) is 5.57. The quantitative estimate of drug-likeness (QED) is 0.842. The van der Waals surface area contributed by atoms with Crippen molar-refractivity contribution in [3.8, 4) is 11.3 Å². The van der Waals surface area contributed by atoms with Crippen molar-refractivity contribution in [2.45, 2.75) is 19.8 Å². The number of anilines is 2. The smallest absolute Gasteiger partial charge is 0.229 e. The van der Waals surface area contributed by atoms with E-state index < -0.39 is 0 Å². The molecule has 3 rings (SSSR count). The van der Waals surface area contributed by atoms with Crippen LogP contribution in [-0.4, -0.2) is 16.8 Å². The van der Waals surface area contributed by atoms with Crippen LogP contribution in [0.25, 0.3) is 11.3 Å². The third-order valence-electron chi connectivity index (χ3n) is 3.57. The molecule has 0 fully saturated rings. The first-order valence-electron chi connectivity index (χ1n) is 7.43. The molecular formula is C17H17N3O2S. The second kappa shape index (κ2) is 6.75. The van der Waals surface area contributed by atoms with Crippen LogP contribution in [0.3, 0.4) is 0 Å². The Balaban J connectivity index is 1.85. The molecule has 0 aliphatic heterocycles. The van der Waals surface area contributed by atoms with Gasteiger partial charge in [0, 0.05) is 18.4 Å². The van der Waals surface area contributed by atoms with Crippen molar-refractivity contribution in [1.82, 2.24) is 4.98 Å². The van der Waals surface area contributed by atoms with Crippen LogP contribution in [0.1, 0.15) is 19.8 Å². The number of benzene rings is 1. The normalized spacial score (nSPS) is 14.0. The Labute approximate surface area is 138 Å². The third kappa shape index (κ3) is 3.65. The number of thiazole rings is 1. The third-order valence-corrected chi connectivity index (χ3v) is 4.46. The largest absolute Gasteiger partial charge is 0.316 e. The Morgan fingerprint density at radius 3 is 2.48 bits per heavy atom. The van der Waals surface area contributed by atoms with Gasteiger partial charge in [0.05, 0.1) is 0 Å². The molecule has 1 aliphatic rings. The molecule has 1 aliphatic carbocycles. The molecule has 0 unspecified atom stereocenters. The molecule has 2 amide bonds. The van der Waals surface area contributed by atoms with Crippen LogP contribution in [0.2, 0.25) is 0 Å². The number of amides is 2. The molecule has 0 spiro atoms. The van der Waals surface area contributed by atoms with Crippen molar-refractivity contribution in [2.75, 3.05) is 10.6 Å². The molecule has 1 aromatic heterocycles. The zero-order chi connectivity index (χ0) is 16.2. The maximum Gasteiger partial charge on any atom is 0.229 e. The van der Waals surface area contributed by atoms with Gasteiger partial charge in [-0.05, 0) is 12.8 Å². The maximum atomic E-state index is 12.2. The van der Waals surface area contributed by atoms with Gasteiger partial charge in [-0.1, -0.05) is 53.8 Å². The van der Waals surface area contributed by atoms with E-state index in [1.165, 1.54) is 18.3 Å². The summed E-state index contributed by atoms with van der Waals surface area (Å²) < 4.78 is 0. The molecule has 2 aromatic rings. The van der Waals surface area contributed by atoms with Crippen molar-refractivity contribution in [3.05, 3.63) is 42.5 Å². The van der Waals surface area contributed by atoms with E-state index in [0.29, 0.717) is 15.8 Å². The van der Waals surface area contributed by atoms with E-state index in [1.54, 1.807) is 0 Å². The molecule has 0 bridgehead atoms. The molecule has 2 N–H and O–H groups in total. The number of nitrogens with zero attached hydrogens (tertiary/aromatic N) is 1. The van der Waals surface area contributed by atoms with E-state index in [4.69, 9.17) is 0 Å². The number of hydrogen-bond donors (Lipinski definition) is 2. The zero-order valence-electron chi connectivity index (χ0n) is 12.7. The Morgan fingerprint density at radius 2 is 1.83 bits per heavy atom. The number of nitrogens with one attached hydrogen (secondary N) is 2. The van der Waals surface area contributed by atoms with Gasteiger partial charge in [-0.25, -0.2) is 4.98 Å². The van der Waals surface area contributed by atoms with E-state index in [1.807, 2.05) is 42.5 Å². The summed E-state index contributed by atoms with van der Waals surface area (Å²) in [5.74, 6) is -0.218. The van der Waals surface area contributed by atoms with Crippen molar-refractivity contribution < 1.29 is 9.59 Å². The SMILES string of the molecule is CC(=O)Nc1sc(NC(=O)C2CC=CC2)nc1-c1ccccc1. The topological polar surface area (TPSA) is 71.1 Å². The summed E-state index contributed by atoms with van der Waals surface area (Å²) in [5.41, 5.74) is 1.57. The van der Waals surface area contributed by atoms with Gasteiger partial charge in [-0.15, -0.1) is 0 Å². The van der Waals surface area contributed by atoms with Gasteiger partial charge in [0.2, 0.25) is 11.8 Å². The molecule has 0 radical (unpaired) electrons. The van der Waals surface area contributed by atoms with Crippen molar-refractivity contribution in [3.63, 3.8) is 0 Å². The summed E-state index contributed by atoms with van der Waals surface area (Å²) in [4.78, 5) is 28.1. The van der Waals surface area contributed by atoms with Crippen LogP contribution in [0.5, 0.6) is 0 Å². The molecule has 6 heteroatoms. The molecule has 0 saturated heterocycles. The highest BCUT2D eigenvalue weighted by atomic mass is 32.1. The lowest BCUT2D eigenvalue weighted by molar-refractivity contribution is -0.119. The van der Waals surface area contributed by atoms with Gasteiger partial charge in [-0.3, -0.25) is 9.59 Å². The molecular weight excluding hydrogens is 310 g/mol. The van der Waals surface area contributed by atoms with Crippen LogP contribution < -0.4 is 10.6 Å². The average molecular weight is 327 g/mol. The van der Waals surface area contributed by atoms with Crippen LogP contribution in [0.4, 0.5) is 10.1 Å². The highest BCUT2D eigenvalue weighted by Crippen LogP contribution is 2.36. The molecule has 1 aromatic carbocycles. The van der Waals surface area contributed by atoms with Gasteiger partial charge in [-0.2, -0.15) is 0 Å². The standard InChI is InChI=1S/C17H17N3O2S/c1-11(21)18-16-14(12-7-3-2-4-8-12)19-17(23-16)20-15(22)13-9-5-6-10-13/h2-8,13H,9-10H2,1H3,(H,18,21)(H,19,20,22). The number of carbonyl (C=O) groups is 2. The summed E-state index contributed by atoms with van der Waals surface area (Å²) in [5, 5.41) is 6.80. The summed E-state index contributed by atoms with van der Waals surface area (Å²) >= 11 is 1.27. The first-order chi connectivity index (χ1) is 11.1. The van der Waals surface area contributed by atoms with Crippen LogP contribution in [-0.2, 0) is 9.59 Å². The van der Waals surface area contributed by atoms with Gasteiger partial charge in [0.15, 0.2) is 5.13 Å². The predicted octanol–water partition coefficient (Wildman–Crippen LogP) is 3.67. The minimum absolute atomic E-state index is 0.0247. The first-order valence-corrected chi connectivity index (χ1v) is 8.25. The molecule has 23 heavy (non-hydrogen) atoms. The zero-order valence-corrected chi connectivity index (χ0v) is 13.5. The van der Waals surface area contributed by atoms with Crippen molar-refractivity contribution in [1.29, 1.82) is 0 Å². The molecule has 5 nitrogen and oxygen atoms in total. The first kappa shape index (κ1) is 15.4. The summed E-state index contributed by atoms with van der Waals surface area (Å²) in [6, 6.07) is 9.59. The minimum atomic E-state index is -0.163. The highest BCUT2D eigenvalue weighted by molar-refractivity contribution is 7.20. The van der Waals surface area contributed by atoms with Crippen molar-refractivity contribution >= 4 is 33.3 Å². The van der Waals surface area contributed by atoms with Crippen molar-refractivity contribution in [2.24, 2.45) is 5.92 Å². The summed E-state index contributed by atoms with van der Waals surface area (Å²) in [7, 11) is 0. The van der Waals surface area contributed by atoms with E-state index in [9.17, 15) is 9.59 Å². The number of rotatable bonds is 4. The summed E-state index contributed by atoms with van der Waals surface area (Å²) in [6.45, 7) is 1.46. The van der Waals surface area contributed by atoms with E-state index in [2.05, 4.69) is 15.6 Å². The lowest BCUT2D eigenvalue weighted by Gasteiger charge is -2.07. The van der Waals surface area contributed by atoms with Crippen LogP contribution in [0, 0.1) is 5.92 Å². The number of carbonyl (C=O) groups excluding carboxylic acids is 2. The number of aromatic nitrogens is 1. The van der Waals surface area contributed by atoms with Gasteiger partial charge >= 0.3 is 0 Å². The molecule has 1 heterocycles. The Kier molecular flexibility index (Phi) is 4.52. The molecule has 0 saturated carbocycles. The maximum absolute atomic E-state index is 12.2. The van der Waals surface area contributed by atoms with Gasteiger partial charge < -0.3 is 10.6 Å². The fourth-order valence-corrected chi connectivity index (χ4v) is 3.39. The van der Waals surface area contributed by atoms with E-state index in [0.717, 1.165) is 18.4 Å². The monoisotopic (exact) mass is 327 g/mol. The Hall–Kier alpha value is -2.47. The van der Waals surface area contributed by atoms with Gasteiger partial charge in [0.1, 0.15) is 10.7 Å². The fraction of sp³-hybridized carbons (Fsp3) is 0.235. The number of allylic oxidation sites excluding steroid dienone is 2. The van der Waals surface area contributed by atoms with Crippen LogP contribution in [0.15, 0.2) is 42.5 Å². The number of hydrogen-bond acceptors (Lipinski definition) is 4. The Bertz CT molecular complexity index is 744. The second-order valence-corrected chi connectivity index (χ2v) is 6.37. The molecule has 118 valence electrons. The average Bonchev–Trinajstić information content (AvgIpc) is 3.17.